The van der Waals surface area contributed by atoms with Crippen molar-refractivity contribution in [2.24, 2.45) is 0 Å². The topological polar surface area (TPSA) is 81.4 Å². The van der Waals surface area contributed by atoms with E-state index in [1.54, 1.807) is 12.1 Å². The van der Waals surface area contributed by atoms with Crippen LogP contribution in [-0.2, 0) is 21.2 Å². The van der Waals surface area contributed by atoms with Gasteiger partial charge in [0.25, 0.3) is 0 Å². The van der Waals surface area contributed by atoms with E-state index in [4.69, 9.17) is 10.5 Å². The van der Waals surface area contributed by atoms with Gasteiger partial charge in [0.1, 0.15) is 0 Å². The summed E-state index contributed by atoms with van der Waals surface area (Å²) in [5.41, 5.74) is 7.36. The monoisotopic (exact) mass is 298 g/mol. The second kappa shape index (κ2) is 6.11. The number of aryl methyl sites for hydroxylation is 1. The van der Waals surface area contributed by atoms with Gasteiger partial charge in [-0.05, 0) is 43.9 Å². The second-order valence-electron chi connectivity index (χ2n) is 5.24. The Morgan fingerprint density at radius 2 is 2.20 bits per heavy atom. The summed E-state index contributed by atoms with van der Waals surface area (Å²) in [7, 11) is -3.52. The van der Waals surface area contributed by atoms with Crippen molar-refractivity contribution in [2.45, 2.75) is 50.2 Å². The van der Waals surface area contributed by atoms with Gasteiger partial charge < -0.3 is 10.5 Å². The van der Waals surface area contributed by atoms with Gasteiger partial charge in [-0.1, -0.05) is 13.0 Å². The Balaban J connectivity index is 2.15. The maximum absolute atomic E-state index is 12.4. The zero-order valence-corrected chi connectivity index (χ0v) is 12.7. The molecule has 6 heteroatoms. The number of anilines is 1. The highest BCUT2D eigenvalue weighted by molar-refractivity contribution is 7.89. The molecule has 3 N–H and O–H groups in total. The number of sulfonamides is 1. The van der Waals surface area contributed by atoms with Crippen molar-refractivity contribution in [3.63, 3.8) is 0 Å². The molecule has 5 nitrogen and oxygen atoms in total. The van der Waals surface area contributed by atoms with Crippen molar-refractivity contribution < 1.29 is 13.2 Å². The molecule has 1 heterocycles. The average molecular weight is 298 g/mol. The molecule has 0 aromatic heterocycles. The van der Waals surface area contributed by atoms with Crippen LogP contribution in [0.1, 0.15) is 32.3 Å². The molecule has 0 amide bonds. The van der Waals surface area contributed by atoms with Crippen molar-refractivity contribution in [2.75, 3.05) is 12.3 Å². The van der Waals surface area contributed by atoms with E-state index in [0.29, 0.717) is 25.1 Å². The molecule has 1 aliphatic rings. The lowest BCUT2D eigenvalue weighted by Crippen LogP contribution is -2.41. The zero-order chi connectivity index (χ0) is 14.8. The smallest absolute Gasteiger partial charge is 0.240 e. The summed E-state index contributed by atoms with van der Waals surface area (Å²) in [5.74, 6) is 0. The van der Waals surface area contributed by atoms with Gasteiger partial charge >= 0.3 is 0 Å². The first-order valence-electron chi connectivity index (χ1n) is 6.94. The number of benzene rings is 1. The van der Waals surface area contributed by atoms with Crippen molar-refractivity contribution in [3.8, 4) is 0 Å². The molecular weight excluding hydrogens is 276 g/mol. The molecule has 0 bridgehead atoms. The second-order valence-corrected chi connectivity index (χ2v) is 6.95. The molecule has 0 radical (unpaired) electrons. The molecule has 0 saturated carbocycles. The third kappa shape index (κ3) is 3.50. The van der Waals surface area contributed by atoms with Gasteiger partial charge in [-0.2, -0.15) is 0 Å². The summed E-state index contributed by atoms with van der Waals surface area (Å²) < 4.78 is 32.9. The van der Waals surface area contributed by atoms with E-state index in [1.165, 1.54) is 6.07 Å². The fraction of sp³-hybridized carbons (Fsp3) is 0.571. The molecule has 2 rings (SSSR count). The fourth-order valence-electron chi connectivity index (χ4n) is 2.45. The van der Waals surface area contributed by atoms with Crippen LogP contribution in [0.4, 0.5) is 5.69 Å². The quantitative estimate of drug-likeness (QED) is 0.829. The van der Waals surface area contributed by atoms with E-state index >= 15 is 0 Å². The number of nitrogen functional groups attached to an aromatic ring is 1. The van der Waals surface area contributed by atoms with Crippen molar-refractivity contribution >= 4 is 15.7 Å². The minimum absolute atomic E-state index is 0.0733. The summed E-state index contributed by atoms with van der Waals surface area (Å²) >= 11 is 0. The highest BCUT2D eigenvalue weighted by Crippen LogP contribution is 2.20. The number of hydrogen-bond donors (Lipinski definition) is 2. The molecule has 2 unspecified atom stereocenters. The lowest BCUT2D eigenvalue weighted by atomic mass is 10.1. The van der Waals surface area contributed by atoms with Gasteiger partial charge in [0, 0.05) is 18.3 Å². The Morgan fingerprint density at radius 1 is 1.45 bits per heavy atom. The molecule has 20 heavy (non-hydrogen) atoms. The highest BCUT2D eigenvalue weighted by Gasteiger charge is 2.25. The number of nitrogens with two attached hydrogens (primary N) is 1. The summed E-state index contributed by atoms with van der Waals surface area (Å²) in [4.78, 5) is 0.228. The maximum Gasteiger partial charge on any atom is 0.240 e. The van der Waals surface area contributed by atoms with Crippen molar-refractivity contribution in [1.29, 1.82) is 0 Å². The summed E-state index contributed by atoms with van der Waals surface area (Å²) in [6, 6.07) is 4.84. The molecule has 1 aromatic carbocycles. The highest BCUT2D eigenvalue weighted by atomic mass is 32.2. The molecule has 0 spiro atoms. The Morgan fingerprint density at radius 3 is 2.80 bits per heavy atom. The Kier molecular flexibility index (Phi) is 4.67. The minimum atomic E-state index is -3.52. The summed E-state index contributed by atoms with van der Waals surface area (Å²) in [5, 5.41) is 0. The Labute approximate surface area is 120 Å². The molecule has 1 aromatic rings. The number of rotatable bonds is 4. The molecule has 0 aliphatic carbocycles. The summed E-state index contributed by atoms with van der Waals surface area (Å²) in [6.07, 6.45) is 2.27. The van der Waals surface area contributed by atoms with Crippen LogP contribution in [0.2, 0.25) is 0 Å². The minimum Gasteiger partial charge on any atom is -0.398 e. The first kappa shape index (κ1) is 15.3. The standard InChI is InChI=1S/C14H22N2O3S/c1-3-11-4-5-13(9-14(11)15)20(17,18)16-12-6-7-19-10(2)8-12/h4-5,9-10,12,16H,3,6-8,15H2,1-2H3. The predicted octanol–water partition coefficient (Wildman–Crippen LogP) is 1.68. The number of hydrogen-bond acceptors (Lipinski definition) is 4. The number of ether oxygens (including phenoxy) is 1. The van der Waals surface area contributed by atoms with Crippen LogP contribution in [-0.4, -0.2) is 27.2 Å². The first-order chi connectivity index (χ1) is 9.42. The van der Waals surface area contributed by atoms with Crippen LogP contribution in [0.15, 0.2) is 23.1 Å². The SMILES string of the molecule is CCc1ccc(S(=O)(=O)NC2CCOC(C)C2)cc1N. The predicted molar refractivity (Wildman–Crippen MR) is 79.0 cm³/mol. The van der Waals surface area contributed by atoms with E-state index in [9.17, 15) is 8.42 Å². The first-order valence-corrected chi connectivity index (χ1v) is 8.43. The van der Waals surface area contributed by atoms with E-state index in [-0.39, 0.29) is 17.0 Å². The molecule has 112 valence electrons. The van der Waals surface area contributed by atoms with Crippen LogP contribution in [0.25, 0.3) is 0 Å². The van der Waals surface area contributed by atoms with Gasteiger partial charge in [0.05, 0.1) is 11.0 Å². The molecule has 1 fully saturated rings. The van der Waals surface area contributed by atoms with Gasteiger partial charge in [0.2, 0.25) is 10.0 Å². The average Bonchev–Trinajstić information content (AvgIpc) is 2.38. The van der Waals surface area contributed by atoms with Crippen LogP contribution in [0, 0.1) is 0 Å². The van der Waals surface area contributed by atoms with E-state index in [2.05, 4.69) is 4.72 Å². The van der Waals surface area contributed by atoms with Crippen LogP contribution >= 0.6 is 0 Å². The van der Waals surface area contributed by atoms with Gasteiger partial charge in [-0.3, -0.25) is 0 Å². The molecule has 2 atom stereocenters. The van der Waals surface area contributed by atoms with E-state index < -0.39 is 10.0 Å². The molecule has 1 aliphatic heterocycles. The van der Waals surface area contributed by atoms with Gasteiger partial charge in [-0.25, -0.2) is 13.1 Å². The third-order valence-corrected chi connectivity index (χ3v) is 5.13. The third-order valence-electron chi connectivity index (χ3n) is 3.62. The van der Waals surface area contributed by atoms with Crippen LogP contribution in [0.5, 0.6) is 0 Å². The van der Waals surface area contributed by atoms with Crippen molar-refractivity contribution in [3.05, 3.63) is 23.8 Å². The van der Waals surface area contributed by atoms with E-state index in [0.717, 1.165) is 12.0 Å². The fourth-order valence-corrected chi connectivity index (χ4v) is 3.77. The Bertz CT molecular complexity index is 572. The molecular formula is C14H22N2O3S. The lowest BCUT2D eigenvalue weighted by molar-refractivity contribution is 0.0173. The van der Waals surface area contributed by atoms with Gasteiger partial charge in [-0.15, -0.1) is 0 Å². The largest absolute Gasteiger partial charge is 0.398 e. The molecule has 1 saturated heterocycles. The Hall–Kier alpha value is -1.11. The zero-order valence-electron chi connectivity index (χ0n) is 11.9. The summed E-state index contributed by atoms with van der Waals surface area (Å²) in [6.45, 7) is 4.53. The van der Waals surface area contributed by atoms with Crippen LogP contribution < -0.4 is 10.5 Å². The van der Waals surface area contributed by atoms with Crippen LogP contribution in [0.3, 0.4) is 0 Å². The normalized spacial score (nSPS) is 23.7. The van der Waals surface area contributed by atoms with Gasteiger partial charge in [0.15, 0.2) is 0 Å². The maximum atomic E-state index is 12.4. The van der Waals surface area contributed by atoms with E-state index in [1.807, 2.05) is 13.8 Å². The van der Waals surface area contributed by atoms with Crippen molar-refractivity contribution in [1.82, 2.24) is 4.72 Å². The number of nitrogens with one attached hydrogen (secondary N) is 1. The lowest BCUT2D eigenvalue weighted by Gasteiger charge is -2.27.